The lowest BCUT2D eigenvalue weighted by Gasteiger charge is -2.45. The highest BCUT2D eigenvalue weighted by Gasteiger charge is 2.60. The van der Waals surface area contributed by atoms with Crippen molar-refractivity contribution in [3.8, 4) is 5.75 Å². The molecule has 1 saturated heterocycles. The summed E-state index contributed by atoms with van der Waals surface area (Å²) in [6.07, 6.45) is 7.32. The predicted molar refractivity (Wildman–Crippen MR) is 136 cm³/mol. The lowest BCUT2D eigenvalue weighted by molar-refractivity contribution is -0.134. The van der Waals surface area contributed by atoms with Crippen molar-refractivity contribution in [1.82, 2.24) is 19.8 Å². The molecule has 0 saturated carbocycles. The van der Waals surface area contributed by atoms with E-state index in [0.29, 0.717) is 25.4 Å². The van der Waals surface area contributed by atoms with Crippen LogP contribution in [0.15, 0.2) is 67.3 Å². The minimum atomic E-state index is -1.10. The maximum absolute atomic E-state index is 14.3. The molecular weight excluding hydrogens is 454 g/mol. The number of fused-ring (bicyclic) bond motifs is 2. The van der Waals surface area contributed by atoms with Gasteiger partial charge in [0.2, 0.25) is 0 Å². The van der Waals surface area contributed by atoms with E-state index in [2.05, 4.69) is 28.7 Å². The molecule has 2 aliphatic rings. The predicted octanol–water partition coefficient (Wildman–Crippen LogP) is 4.21. The van der Waals surface area contributed by atoms with Gasteiger partial charge in [-0.3, -0.25) is 19.7 Å². The molecule has 8 heteroatoms. The number of anilines is 1. The van der Waals surface area contributed by atoms with E-state index < -0.39 is 5.54 Å². The molecule has 1 unspecified atom stereocenters. The Hall–Kier alpha value is -3.94. The monoisotopic (exact) mass is 485 g/mol. The smallest absolute Gasteiger partial charge is 0.328 e. The zero-order valence-electron chi connectivity index (χ0n) is 20.9. The molecule has 1 aromatic carbocycles. The summed E-state index contributed by atoms with van der Waals surface area (Å²) in [5, 5.41) is 0. The number of benzene rings is 1. The van der Waals surface area contributed by atoms with E-state index in [9.17, 15) is 9.59 Å². The van der Waals surface area contributed by atoms with E-state index >= 15 is 0 Å². The average Bonchev–Trinajstić information content (AvgIpc) is 3.08. The number of hydrogen-bond acceptors (Lipinski definition) is 6. The van der Waals surface area contributed by atoms with Crippen molar-refractivity contribution >= 4 is 17.6 Å². The SMILES string of the molecule is COc1ccc2c(c1)N(CC(C)C)CCC21C(=O)N(Cc2ccncc2)C(=O)N1Cc1cccnc1. The number of carbonyl (C=O) groups excluding carboxylic acids is 2. The molecule has 186 valence electrons. The maximum atomic E-state index is 14.3. The lowest BCUT2D eigenvalue weighted by atomic mass is 9.80. The molecule has 5 rings (SSSR count). The largest absolute Gasteiger partial charge is 0.497 e. The van der Waals surface area contributed by atoms with Crippen molar-refractivity contribution in [1.29, 1.82) is 0 Å². The van der Waals surface area contributed by atoms with Crippen LogP contribution in [0, 0.1) is 5.92 Å². The van der Waals surface area contributed by atoms with Crippen LogP contribution < -0.4 is 9.64 Å². The molecule has 0 N–H and O–H groups in total. The maximum Gasteiger partial charge on any atom is 0.328 e. The van der Waals surface area contributed by atoms with Crippen molar-refractivity contribution < 1.29 is 14.3 Å². The fourth-order valence-electron chi connectivity index (χ4n) is 5.36. The third-order valence-electron chi connectivity index (χ3n) is 7.00. The number of ether oxygens (including phenoxy) is 1. The quantitative estimate of drug-likeness (QED) is 0.467. The zero-order chi connectivity index (χ0) is 25.3. The van der Waals surface area contributed by atoms with Crippen LogP contribution in [-0.2, 0) is 23.4 Å². The van der Waals surface area contributed by atoms with Crippen molar-refractivity contribution in [2.24, 2.45) is 5.92 Å². The molecule has 36 heavy (non-hydrogen) atoms. The number of urea groups is 1. The molecule has 2 aromatic heterocycles. The van der Waals surface area contributed by atoms with E-state index in [0.717, 1.165) is 34.7 Å². The van der Waals surface area contributed by atoms with E-state index in [1.807, 2.05) is 42.5 Å². The summed E-state index contributed by atoms with van der Waals surface area (Å²) in [5.41, 5.74) is 2.42. The number of rotatable bonds is 7. The van der Waals surface area contributed by atoms with Crippen LogP contribution in [-0.4, -0.2) is 51.9 Å². The summed E-state index contributed by atoms with van der Waals surface area (Å²) in [5.74, 6) is 0.973. The van der Waals surface area contributed by atoms with Gasteiger partial charge in [0.15, 0.2) is 5.54 Å². The number of nitrogens with zero attached hydrogens (tertiary/aromatic N) is 5. The Morgan fingerprint density at radius 1 is 1.00 bits per heavy atom. The molecule has 3 amide bonds. The van der Waals surface area contributed by atoms with Crippen LogP contribution in [0.5, 0.6) is 5.75 Å². The molecule has 0 bridgehead atoms. The summed E-state index contributed by atoms with van der Waals surface area (Å²) in [6.45, 7) is 6.36. The van der Waals surface area contributed by atoms with Crippen LogP contribution in [0.2, 0.25) is 0 Å². The Labute approximate surface area is 211 Å². The van der Waals surface area contributed by atoms with Gasteiger partial charge in [0.1, 0.15) is 5.75 Å². The normalized spacial score (nSPS) is 19.4. The first kappa shape index (κ1) is 23.8. The van der Waals surface area contributed by atoms with Crippen LogP contribution in [0.1, 0.15) is 37.0 Å². The highest BCUT2D eigenvalue weighted by Crippen LogP contribution is 2.49. The van der Waals surface area contributed by atoms with Crippen LogP contribution in [0.3, 0.4) is 0 Å². The number of aromatic nitrogens is 2. The molecule has 0 aliphatic carbocycles. The van der Waals surface area contributed by atoms with Crippen LogP contribution >= 0.6 is 0 Å². The number of pyridine rings is 2. The molecule has 1 atom stereocenters. The van der Waals surface area contributed by atoms with Gasteiger partial charge in [-0.2, -0.15) is 0 Å². The molecule has 4 heterocycles. The van der Waals surface area contributed by atoms with Gasteiger partial charge in [0.25, 0.3) is 5.91 Å². The Morgan fingerprint density at radius 2 is 1.81 bits per heavy atom. The van der Waals surface area contributed by atoms with Gasteiger partial charge >= 0.3 is 6.03 Å². The van der Waals surface area contributed by atoms with Gasteiger partial charge in [-0.05, 0) is 41.3 Å². The van der Waals surface area contributed by atoms with Gasteiger partial charge in [0, 0.05) is 61.6 Å². The van der Waals surface area contributed by atoms with Crippen molar-refractivity contribution in [3.63, 3.8) is 0 Å². The highest BCUT2D eigenvalue weighted by atomic mass is 16.5. The number of methoxy groups -OCH3 is 1. The first-order valence-corrected chi connectivity index (χ1v) is 12.3. The van der Waals surface area contributed by atoms with Gasteiger partial charge < -0.3 is 14.5 Å². The van der Waals surface area contributed by atoms with Crippen LogP contribution in [0.25, 0.3) is 0 Å². The Kier molecular flexibility index (Phi) is 6.35. The van der Waals surface area contributed by atoms with E-state index in [1.165, 1.54) is 4.90 Å². The van der Waals surface area contributed by atoms with Crippen molar-refractivity contribution in [2.45, 2.75) is 38.9 Å². The first-order valence-electron chi connectivity index (χ1n) is 12.3. The third kappa shape index (κ3) is 4.06. The highest BCUT2D eigenvalue weighted by molar-refractivity contribution is 6.08. The van der Waals surface area contributed by atoms with Crippen molar-refractivity contribution in [2.75, 3.05) is 25.1 Å². The molecular formula is C28H31N5O3. The number of carbonyl (C=O) groups is 2. The second kappa shape index (κ2) is 9.60. The minimum Gasteiger partial charge on any atom is -0.497 e. The fraction of sp³-hybridized carbons (Fsp3) is 0.357. The Bertz CT molecular complexity index is 1250. The zero-order valence-corrected chi connectivity index (χ0v) is 20.9. The molecule has 1 fully saturated rings. The lowest BCUT2D eigenvalue weighted by Crippen LogP contribution is -2.53. The average molecular weight is 486 g/mol. The number of amides is 3. The first-order chi connectivity index (χ1) is 17.4. The number of imide groups is 1. The van der Waals surface area contributed by atoms with Gasteiger partial charge in [-0.15, -0.1) is 0 Å². The third-order valence-corrected chi connectivity index (χ3v) is 7.00. The second-order valence-corrected chi connectivity index (χ2v) is 9.81. The van der Waals surface area contributed by atoms with E-state index in [4.69, 9.17) is 4.74 Å². The molecule has 2 aliphatic heterocycles. The summed E-state index contributed by atoms with van der Waals surface area (Å²) in [7, 11) is 1.64. The molecule has 3 aromatic rings. The van der Waals surface area contributed by atoms with Gasteiger partial charge in [-0.25, -0.2) is 4.79 Å². The van der Waals surface area contributed by atoms with E-state index in [-0.39, 0.29) is 18.5 Å². The summed E-state index contributed by atoms with van der Waals surface area (Å²) < 4.78 is 5.54. The van der Waals surface area contributed by atoms with Crippen molar-refractivity contribution in [3.05, 3.63) is 83.9 Å². The number of hydrogen-bond donors (Lipinski definition) is 0. The molecule has 1 spiro atoms. The molecule has 0 radical (unpaired) electrons. The standard InChI is InChI=1S/C28H31N5O3/c1-20(2)17-31-14-10-28(24-7-6-23(36-3)15-25(24)31)26(34)32(18-21-8-12-29-13-9-21)27(35)33(28)19-22-5-4-11-30-16-22/h4-9,11-13,15-16,20H,10,14,17-19H2,1-3H3. The van der Waals surface area contributed by atoms with E-state index in [1.54, 1.807) is 36.8 Å². The van der Waals surface area contributed by atoms with Crippen LogP contribution in [0.4, 0.5) is 10.5 Å². The van der Waals surface area contributed by atoms with Gasteiger partial charge in [0.05, 0.1) is 20.2 Å². The second-order valence-electron chi connectivity index (χ2n) is 9.81. The molecule has 8 nitrogen and oxygen atoms in total. The summed E-state index contributed by atoms with van der Waals surface area (Å²) in [4.78, 5) is 42.0. The Balaban J connectivity index is 1.64. The topological polar surface area (TPSA) is 78.9 Å². The fourth-order valence-corrected chi connectivity index (χ4v) is 5.36. The summed E-state index contributed by atoms with van der Waals surface area (Å²) in [6, 6.07) is 13.0. The van der Waals surface area contributed by atoms with Gasteiger partial charge in [-0.1, -0.05) is 26.0 Å². The minimum absolute atomic E-state index is 0.191. The summed E-state index contributed by atoms with van der Waals surface area (Å²) >= 11 is 0. The Morgan fingerprint density at radius 3 is 2.50 bits per heavy atom.